The van der Waals surface area contributed by atoms with Crippen LogP contribution < -0.4 is 0 Å². The van der Waals surface area contributed by atoms with E-state index in [9.17, 15) is 19.8 Å². The predicted molar refractivity (Wildman–Crippen MR) is 149 cm³/mol. The van der Waals surface area contributed by atoms with Crippen molar-refractivity contribution >= 4 is 11.6 Å². The van der Waals surface area contributed by atoms with Crippen molar-refractivity contribution in [1.82, 2.24) is 0 Å². The van der Waals surface area contributed by atoms with Crippen LogP contribution in [0.25, 0.3) is 0 Å². The van der Waals surface area contributed by atoms with E-state index in [0.29, 0.717) is 44.2 Å². The van der Waals surface area contributed by atoms with Gasteiger partial charge >= 0.3 is 0 Å². The fourth-order valence-corrected chi connectivity index (χ4v) is 3.53. The number of ketones is 2. The van der Waals surface area contributed by atoms with Crippen LogP contribution in [-0.2, 0) is 32.2 Å². The lowest BCUT2D eigenvalue weighted by molar-refractivity contribution is -0.0762. The number of hydrogen-bond donors (Lipinski definition) is 2. The monoisotopic (exact) mass is 544 g/mol. The van der Waals surface area contributed by atoms with Gasteiger partial charge in [-0.1, -0.05) is 48.5 Å². The fourth-order valence-electron chi connectivity index (χ4n) is 3.53. The van der Waals surface area contributed by atoms with Crippen LogP contribution in [0.3, 0.4) is 0 Å². The first kappa shape index (κ1) is 32.8. The number of Topliss-reactive ketones (excluding diaryl/α,β-unsaturated/α-hetero) is 2. The Labute approximate surface area is 232 Å². The van der Waals surface area contributed by atoms with Crippen molar-refractivity contribution in [2.45, 2.75) is 91.2 Å². The molecule has 0 radical (unpaired) electrons. The lowest BCUT2D eigenvalue weighted by Gasteiger charge is -2.19. The molecule has 39 heavy (non-hydrogen) atoms. The predicted octanol–water partition coefficient (Wildman–Crippen LogP) is 4.53. The minimum Gasteiger partial charge on any atom is -0.382 e. The normalized spacial score (nSPS) is 14.6. The van der Waals surface area contributed by atoms with E-state index in [-0.39, 0.29) is 29.9 Å². The molecule has 216 valence electrons. The third kappa shape index (κ3) is 11.7. The quantitative estimate of drug-likeness (QED) is 0.280. The second kappa shape index (κ2) is 14.8. The van der Waals surface area contributed by atoms with Gasteiger partial charge in [-0.25, -0.2) is 0 Å². The molecule has 0 aliphatic carbocycles. The number of benzene rings is 2. The zero-order valence-corrected chi connectivity index (χ0v) is 24.2. The number of carbonyl (C=O) groups is 2. The summed E-state index contributed by atoms with van der Waals surface area (Å²) < 4.78 is 23.3. The van der Waals surface area contributed by atoms with Gasteiger partial charge in [0.1, 0.15) is 11.2 Å². The Bertz CT molecular complexity index is 1030. The van der Waals surface area contributed by atoms with Crippen LogP contribution >= 0.6 is 0 Å². The summed E-state index contributed by atoms with van der Waals surface area (Å²) in [7, 11) is 0. The zero-order valence-electron chi connectivity index (χ0n) is 24.2. The van der Waals surface area contributed by atoms with E-state index in [4.69, 9.17) is 18.9 Å². The molecule has 0 bridgehead atoms. The highest BCUT2D eigenvalue weighted by atomic mass is 16.6. The van der Waals surface area contributed by atoms with E-state index in [1.807, 2.05) is 45.0 Å². The van der Waals surface area contributed by atoms with Crippen LogP contribution in [0.15, 0.2) is 48.5 Å². The number of rotatable bonds is 17. The molecule has 0 fully saturated rings. The van der Waals surface area contributed by atoms with Gasteiger partial charge in [0.25, 0.3) is 0 Å². The van der Waals surface area contributed by atoms with Crippen LogP contribution in [0.2, 0.25) is 0 Å². The molecular weight excluding hydrogens is 500 g/mol. The van der Waals surface area contributed by atoms with Crippen LogP contribution in [0.1, 0.15) is 80.3 Å². The van der Waals surface area contributed by atoms with E-state index in [2.05, 4.69) is 0 Å². The second-order valence-electron chi connectivity index (χ2n) is 11.1. The Morgan fingerprint density at radius 2 is 0.949 bits per heavy atom. The van der Waals surface area contributed by atoms with Gasteiger partial charge in [0.15, 0.2) is 11.6 Å². The standard InChI is InChI=1S/C31H44O8/c1-21(37-18-23(3)39-20-25-10-14-27(15-11-25)29(33)31(6,7)35)16-36-17-22(2)38-19-24-8-12-26(13-9-24)28(32)30(4,5)34/h8-15,21-23,34-35H,16-20H2,1-7H3. The van der Waals surface area contributed by atoms with Gasteiger partial charge < -0.3 is 29.2 Å². The second-order valence-corrected chi connectivity index (χ2v) is 11.1. The summed E-state index contributed by atoms with van der Waals surface area (Å²) in [6, 6.07) is 14.1. The largest absolute Gasteiger partial charge is 0.382 e. The summed E-state index contributed by atoms with van der Waals surface area (Å²) in [6.07, 6.45) is -0.365. The van der Waals surface area contributed by atoms with E-state index in [1.54, 1.807) is 24.3 Å². The van der Waals surface area contributed by atoms with E-state index < -0.39 is 11.2 Å². The molecule has 8 heteroatoms. The lowest BCUT2D eigenvalue weighted by Crippen LogP contribution is -2.31. The zero-order chi connectivity index (χ0) is 29.2. The molecule has 0 heterocycles. The molecule has 2 rings (SSSR count). The summed E-state index contributed by atoms with van der Waals surface area (Å²) in [5, 5.41) is 19.7. The first-order valence-electron chi connectivity index (χ1n) is 13.3. The first-order chi connectivity index (χ1) is 18.2. The Morgan fingerprint density at radius 1 is 0.615 bits per heavy atom. The van der Waals surface area contributed by atoms with Gasteiger partial charge in [0.05, 0.1) is 51.3 Å². The van der Waals surface area contributed by atoms with Crippen molar-refractivity contribution in [3.05, 3.63) is 70.8 Å². The molecule has 3 atom stereocenters. The summed E-state index contributed by atoms with van der Waals surface area (Å²) >= 11 is 0. The topological polar surface area (TPSA) is 112 Å². The number of hydrogen-bond acceptors (Lipinski definition) is 8. The highest BCUT2D eigenvalue weighted by Crippen LogP contribution is 2.16. The fraction of sp³-hybridized carbons (Fsp3) is 0.548. The Morgan fingerprint density at radius 3 is 1.31 bits per heavy atom. The minimum atomic E-state index is -1.40. The van der Waals surface area contributed by atoms with Gasteiger partial charge in [0, 0.05) is 11.1 Å². The first-order valence-corrected chi connectivity index (χ1v) is 13.3. The third-order valence-electron chi connectivity index (χ3n) is 5.93. The van der Waals surface area contributed by atoms with Crippen LogP contribution in [0.5, 0.6) is 0 Å². The van der Waals surface area contributed by atoms with Crippen LogP contribution in [0.4, 0.5) is 0 Å². The third-order valence-corrected chi connectivity index (χ3v) is 5.93. The van der Waals surface area contributed by atoms with Crippen molar-refractivity contribution in [2.24, 2.45) is 0 Å². The summed E-state index contributed by atoms with van der Waals surface area (Å²) in [5.74, 6) is -0.636. The molecule has 0 saturated heterocycles. The molecule has 2 aromatic carbocycles. The Kier molecular flexibility index (Phi) is 12.4. The molecule has 0 aliphatic heterocycles. The van der Waals surface area contributed by atoms with Crippen molar-refractivity contribution in [2.75, 3.05) is 19.8 Å². The number of aliphatic hydroxyl groups is 2. The van der Waals surface area contributed by atoms with E-state index in [0.717, 1.165) is 11.1 Å². The minimum absolute atomic E-state index is 0.115. The van der Waals surface area contributed by atoms with Gasteiger partial charge in [-0.05, 0) is 59.6 Å². The Balaban J connectivity index is 1.61. The highest BCUT2D eigenvalue weighted by molar-refractivity contribution is 6.02. The van der Waals surface area contributed by atoms with Gasteiger partial charge in [-0.3, -0.25) is 9.59 Å². The molecule has 2 aromatic rings. The molecule has 0 aliphatic rings. The van der Waals surface area contributed by atoms with E-state index in [1.165, 1.54) is 27.7 Å². The average Bonchev–Trinajstić information content (AvgIpc) is 2.88. The van der Waals surface area contributed by atoms with Gasteiger partial charge in [0.2, 0.25) is 0 Å². The summed E-state index contributed by atoms with van der Waals surface area (Å²) in [5.41, 5.74) is -0.00902. The number of carbonyl (C=O) groups excluding carboxylic acids is 2. The Hall–Kier alpha value is -2.46. The average molecular weight is 545 g/mol. The molecule has 0 amide bonds. The summed E-state index contributed by atoms with van der Waals surface area (Å²) in [6.45, 7) is 13.7. The van der Waals surface area contributed by atoms with Crippen LogP contribution in [-0.4, -0.2) is 71.1 Å². The van der Waals surface area contributed by atoms with E-state index >= 15 is 0 Å². The highest BCUT2D eigenvalue weighted by Gasteiger charge is 2.25. The molecule has 8 nitrogen and oxygen atoms in total. The molecule has 0 spiro atoms. The maximum atomic E-state index is 12.1. The molecule has 2 N–H and O–H groups in total. The maximum Gasteiger partial charge on any atom is 0.193 e. The number of ether oxygens (including phenoxy) is 4. The van der Waals surface area contributed by atoms with Crippen molar-refractivity contribution in [3.63, 3.8) is 0 Å². The van der Waals surface area contributed by atoms with Crippen molar-refractivity contribution in [1.29, 1.82) is 0 Å². The van der Waals surface area contributed by atoms with Gasteiger partial charge in [-0.2, -0.15) is 0 Å². The molecular formula is C31H44O8. The molecule has 0 aromatic heterocycles. The summed E-state index contributed by atoms with van der Waals surface area (Å²) in [4.78, 5) is 24.2. The van der Waals surface area contributed by atoms with Crippen molar-refractivity contribution < 1.29 is 38.7 Å². The molecule has 3 unspecified atom stereocenters. The van der Waals surface area contributed by atoms with Gasteiger partial charge in [-0.15, -0.1) is 0 Å². The SMILES string of the molecule is CC(COCC(C)OCC(C)OCc1ccc(C(=O)C(C)(C)O)cc1)OCc1ccc(C(=O)C(C)(C)O)cc1. The molecule has 0 saturated carbocycles. The van der Waals surface area contributed by atoms with Crippen LogP contribution in [0, 0.1) is 0 Å². The van der Waals surface area contributed by atoms with Crippen molar-refractivity contribution in [3.8, 4) is 0 Å². The lowest BCUT2D eigenvalue weighted by atomic mass is 9.96. The smallest absolute Gasteiger partial charge is 0.193 e. The maximum absolute atomic E-state index is 12.1.